The highest BCUT2D eigenvalue weighted by Crippen LogP contribution is 2.60. The number of nitrogens with zero attached hydrogens (tertiary/aromatic N) is 1. The molecule has 0 aromatic rings. The topological polar surface area (TPSA) is 0 Å². The lowest BCUT2D eigenvalue weighted by molar-refractivity contribution is -0.880. The van der Waals surface area contributed by atoms with Gasteiger partial charge in [-0.3, -0.25) is 0 Å². The van der Waals surface area contributed by atoms with E-state index >= 15 is 0 Å². The normalized spacial score (nSPS) is 16.5. The molecule has 0 aromatic carbocycles. The van der Waals surface area contributed by atoms with Gasteiger partial charge in [-0.1, -0.05) is 0 Å². The van der Waals surface area contributed by atoms with Crippen molar-refractivity contribution in [3.05, 3.63) is 0 Å². The first-order valence-corrected chi connectivity index (χ1v) is 5.72. The third kappa shape index (κ3) is 3.38. The van der Waals surface area contributed by atoms with Crippen molar-refractivity contribution in [2.45, 2.75) is 35.8 Å². The van der Waals surface area contributed by atoms with Gasteiger partial charge < -0.3 is 4.48 Å². The zero-order valence-electron chi connectivity index (χ0n) is 12.1. The number of quaternary nitrogens is 1. The molecule has 0 spiro atoms. The monoisotopic (exact) mass is 392 g/mol. The maximum Gasteiger partial charge on any atom is 0.460 e. The average molecular weight is 392 g/mol. The van der Waals surface area contributed by atoms with E-state index in [4.69, 9.17) is 0 Å². The third-order valence-corrected chi connectivity index (χ3v) is 2.67. The second kappa shape index (κ2) is 5.53. The lowest BCUT2D eigenvalue weighted by atomic mass is 9.93. The Bertz CT molecular complexity index is 456. The second-order valence-corrected chi connectivity index (χ2v) is 5.95. The van der Waals surface area contributed by atoms with Gasteiger partial charge in [0.1, 0.15) is 6.54 Å². The molecular formula is C10H11F13N+. The number of hydrogen-bond acceptors (Lipinski definition) is 0. The molecule has 0 heterocycles. The van der Waals surface area contributed by atoms with E-state index in [1.165, 1.54) is 0 Å². The molecule has 0 fully saturated rings. The third-order valence-electron chi connectivity index (χ3n) is 2.67. The molecule has 0 aromatic heterocycles. The SMILES string of the molecule is C[N+](C)(C)CC(F)(F)C(F)(F)C(F)(F)C(F)(F)C(F)(F)C(F)(F)F. The number of hydrogen-bond donors (Lipinski definition) is 0. The molecule has 0 bridgehead atoms. The first-order valence-electron chi connectivity index (χ1n) is 5.72. The van der Waals surface area contributed by atoms with Crippen molar-refractivity contribution in [1.82, 2.24) is 0 Å². The Kier molecular flexibility index (Phi) is 5.31. The zero-order valence-corrected chi connectivity index (χ0v) is 12.1. The molecule has 1 nitrogen and oxygen atoms in total. The van der Waals surface area contributed by atoms with Crippen LogP contribution < -0.4 is 0 Å². The number of alkyl halides is 13. The second-order valence-electron chi connectivity index (χ2n) is 5.95. The molecule has 0 aliphatic carbocycles. The molecule has 0 saturated heterocycles. The number of rotatable bonds is 6. The molecular weight excluding hydrogens is 381 g/mol. The summed E-state index contributed by atoms with van der Waals surface area (Å²) in [6.07, 6.45) is -7.38. The molecule has 24 heavy (non-hydrogen) atoms. The van der Waals surface area contributed by atoms with E-state index in [9.17, 15) is 57.1 Å². The molecule has 14 heteroatoms. The summed E-state index contributed by atoms with van der Waals surface area (Å²) in [4.78, 5) is 0. The van der Waals surface area contributed by atoms with Crippen LogP contribution in [0, 0.1) is 0 Å². The van der Waals surface area contributed by atoms with Gasteiger partial charge in [-0.05, 0) is 0 Å². The molecule has 0 N–H and O–H groups in total. The fourth-order valence-corrected chi connectivity index (χ4v) is 1.50. The van der Waals surface area contributed by atoms with Gasteiger partial charge in [-0.15, -0.1) is 0 Å². The summed E-state index contributed by atoms with van der Waals surface area (Å²) in [5.41, 5.74) is 0. The molecule has 0 unspecified atom stereocenters. The van der Waals surface area contributed by atoms with Gasteiger partial charge in [0.25, 0.3) is 0 Å². The highest BCUT2D eigenvalue weighted by molar-refractivity contribution is 5.10. The van der Waals surface area contributed by atoms with Crippen LogP contribution in [-0.2, 0) is 0 Å². The number of halogens is 13. The minimum Gasteiger partial charge on any atom is -0.326 e. The predicted octanol–water partition coefficient (Wildman–Crippen LogP) is 4.43. The lowest BCUT2D eigenvalue weighted by Gasteiger charge is -2.41. The van der Waals surface area contributed by atoms with Crippen LogP contribution in [0.25, 0.3) is 0 Å². The fraction of sp³-hybridized carbons (Fsp3) is 1.00. The van der Waals surface area contributed by atoms with Gasteiger partial charge in [-0.2, -0.15) is 57.1 Å². The molecule has 0 aliphatic heterocycles. The highest BCUT2D eigenvalue weighted by Gasteiger charge is 2.91. The van der Waals surface area contributed by atoms with Crippen molar-refractivity contribution in [1.29, 1.82) is 0 Å². The highest BCUT2D eigenvalue weighted by atomic mass is 19.4. The molecule has 0 atom stereocenters. The summed E-state index contributed by atoms with van der Waals surface area (Å²) in [7, 11) is 2.22. The standard InChI is InChI=1S/C10H11F13N/c1-24(2,3)4-5(11,12)6(13,14)7(15,16)8(17,18)9(19,20)10(21,22)23/h4H2,1-3H3/q+1. The van der Waals surface area contributed by atoms with Gasteiger partial charge in [0.05, 0.1) is 21.1 Å². The van der Waals surface area contributed by atoms with E-state index in [0.717, 1.165) is 21.1 Å². The summed E-state index contributed by atoms with van der Waals surface area (Å²) in [5, 5.41) is 0. The Morgan fingerprint density at radius 3 is 1.04 bits per heavy atom. The summed E-state index contributed by atoms with van der Waals surface area (Å²) in [5.74, 6) is -36.5. The first-order chi connectivity index (χ1) is 9.96. The molecule has 0 saturated carbocycles. The Hall–Kier alpha value is -0.950. The van der Waals surface area contributed by atoms with Crippen molar-refractivity contribution < 1.29 is 61.6 Å². The van der Waals surface area contributed by atoms with E-state index < -0.39 is 46.8 Å². The summed E-state index contributed by atoms with van der Waals surface area (Å²) < 4.78 is 164. The summed E-state index contributed by atoms with van der Waals surface area (Å²) in [6.45, 7) is -2.25. The van der Waals surface area contributed by atoms with E-state index in [0.29, 0.717) is 0 Å². The first kappa shape index (κ1) is 23.1. The zero-order chi connectivity index (χ0) is 20.2. The molecule has 146 valence electrons. The largest absolute Gasteiger partial charge is 0.460 e. The van der Waals surface area contributed by atoms with E-state index in [2.05, 4.69) is 0 Å². The van der Waals surface area contributed by atoms with Crippen molar-refractivity contribution in [2.24, 2.45) is 0 Å². The van der Waals surface area contributed by atoms with Crippen LogP contribution in [0.15, 0.2) is 0 Å². The van der Waals surface area contributed by atoms with E-state index in [1.807, 2.05) is 0 Å². The van der Waals surface area contributed by atoms with Crippen molar-refractivity contribution in [3.63, 3.8) is 0 Å². The maximum atomic E-state index is 13.3. The van der Waals surface area contributed by atoms with Gasteiger partial charge in [-0.25, -0.2) is 0 Å². The average Bonchev–Trinajstić information content (AvgIpc) is 2.22. The quantitative estimate of drug-likeness (QED) is 0.464. The van der Waals surface area contributed by atoms with Crippen LogP contribution in [0.5, 0.6) is 0 Å². The van der Waals surface area contributed by atoms with Crippen LogP contribution in [0.3, 0.4) is 0 Å². The molecule has 0 radical (unpaired) electrons. The van der Waals surface area contributed by atoms with Crippen LogP contribution in [0.2, 0.25) is 0 Å². The predicted molar refractivity (Wildman–Crippen MR) is 53.7 cm³/mol. The maximum absolute atomic E-state index is 13.3. The van der Waals surface area contributed by atoms with Gasteiger partial charge in [0.15, 0.2) is 0 Å². The van der Waals surface area contributed by atoms with Crippen molar-refractivity contribution in [2.75, 3.05) is 27.7 Å². The van der Waals surface area contributed by atoms with Gasteiger partial charge in [0, 0.05) is 0 Å². The lowest BCUT2D eigenvalue weighted by Crippen LogP contribution is -2.71. The minimum atomic E-state index is -7.84. The Balaban J connectivity index is 6.21. The minimum absolute atomic E-state index is 0.741. The molecule has 0 rings (SSSR count). The fourth-order valence-electron chi connectivity index (χ4n) is 1.50. The molecule has 0 amide bonds. The Morgan fingerprint density at radius 1 is 0.500 bits per heavy atom. The van der Waals surface area contributed by atoms with Gasteiger partial charge in [0.2, 0.25) is 0 Å². The van der Waals surface area contributed by atoms with Crippen LogP contribution >= 0.6 is 0 Å². The molecule has 0 aliphatic rings. The van der Waals surface area contributed by atoms with Crippen LogP contribution in [-0.4, -0.2) is 68.0 Å². The van der Waals surface area contributed by atoms with E-state index in [1.54, 1.807) is 0 Å². The van der Waals surface area contributed by atoms with E-state index in [-0.39, 0.29) is 0 Å². The summed E-state index contributed by atoms with van der Waals surface area (Å²) in [6, 6.07) is 0. The van der Waals surface area contributed by atoms with Crippen LogP contribution in [0.1, 0.15) is 0 Å². The Labute approximate surface area is 126 Å². The Morgan fingerprint density at radius 2 is 0.792 bits per heavy atom. The van der Waals surface area contributed by atoms with Crippen LogP contribution in [0.4, 0.5) is 57.1 Å². The van der Waals surface area contributed by atoms with Crippen molar-refractivity contribution >= 4 is 0 Å². The van der Waals surface area contributed by atoms with Crippen molar-refractivity contribution in [3.8, 4) is 0 Å². The summed E-state index contributed by atoms with van der Waals surface area (Å²) >= 11 is 0. The smallest absolute Gasteiger partial charge is 0.326 e. The van der Waals surface area contributed by atoms with Gasteiger partial charge >= 0.3 is 35.8 Å².